The van der Waals surface area contributed by atoms with Gasteiger partial charge in [-0.2, -0.15) is 4.68 Å². The summed E-state index contributed by atoms with van der Waals surface area (Å²) in [4.78, 5) is 23.4. The van der Waals surface area contributed by atoms with Gasteiger partial charge < -0.3 is 25.2 Å². The molecule has 0 aliphatic carbocycles. The molecule has 3 N–H and O–H groups in total. The molecule has 1 aromatic heterocycles. The van der Waals surface area contributed by atoms with Gasteiger partial charge in [0.05, 0.1) is 24.5 Å². The molecular weight excluding hydrogens is 677 g/mol. The number of amides is 2. The maximum atomic E-state index is 12.4. The first-order valence-corrected chi connectivity index (χ1v) is 18.6. The second kappa shape index (κ2) is 18.6. The monoisotopic (exact) mass is 720 g/mol. The van der Waals surface area contributed by atoms with Crippen LogP contribution in [0.25, 0.3) is 16.8 Å². The third kappa shape index (κ3) is 10.3. The lowest BCUT2D eigenvalue weighted by Gasteiger charge is -2.36. The molecule has 3 unspecified atom stereocenters. The number of aliphatic hydroxyl groups is 1. The number of benzene rings is 4. The lowest BCUT2D eigenvalue weighted by molar-refractivity contribution is -0.245. The third-order valence-electron chi connectivity index (χ3n) is 8.84. The molecule has 12 heteroatoms. The van der Waals surface area contributed by atoms with Gasteiger partial charge in [-0.25, -0.2) is 0 Å². The molecule has 1 fully saturated rings. The zero-order chi connectivity index (χ0) is 36.1. The minimum absolute atomic E-state index is 0.0140. The SMILES string of the molecule is CC(=O)NCCCCCC(=O)NCc1cccc(-c2ccc(C3OC(CSc4nnnn4-c4ccccc4)CC(c4ccc(CO)cc4)O3)cc2)c1. The van der Waals surface area contributed by atoms with Gasteiger partial charge in [0.2, 0.25) is 17.0 Å². The predicted octanol–water partition coefficient (Wildman–Crippen LogP) is 6.47. The maximum Gasteiger partial charge on any atom is 0.220 e. The van der Waals surface area contributed by atoms with Crippen molar-refractivity contribution in [1.29, 1.82) is 0 Å². The van der Waals surface area contributed by atoms with Crippen LogP contribution in [0.4, 0.5) is 0 Å². The summed E-state index contributed by atoms with van der Waals surface area (Å²) in [7, 11) is 0. The van der Waals surface area contributed by atoms with Crippen molar-refractivity contribution in [3.8, 4) is 16.8 Å². The van der Waals surface area contributed by atoms with E-state index >= 15 is 0 Å². The molecule has 4 aromatic carbocycles. The summed E-state index contributed by atoms with van der Waals surface area (Å²) < 4.78 is 14.9. The van der Waals surface area contributed by atoms with E-state index in [0.29, 0.717) is 36.8 Å². The molecule has 0 spiro atoms. The minimum Gasteiger partial charge on any atom is -0.392 e. The van der Waals surface area contributed by atoms with Crippen LogP contribution in [0.5, 0.6) is 0 Å². The molecule has 0 bridgehead atoms. The molecule has 1 saturated heterocycles. The second-order valence-electron chi connectivity index (χ2n) is 12.8. The van der Waals surface area contributed by atoms with Crippen molar-refractivity contribution >= 4 is 23.6 Å². The van der Waals surface area contributed by atoms with Crippen molar-refractivity contribution in [3.63, 3.8) is 0 Å². The van der Waals surface area contributed by atoms with Crippen LogP contribution in [0, 0.1) is 0 Å². The number of thioether (sulfide) groups is 1. The number of aromatic nitrogens is 4. The van der Waals surface area contributed by atoms with Gasteiger partial charge >= 0.3 is 0 Å². The van der Waals surface area contributed by atoms with E-state index in [1.54, 1.807) is 16.4 Å². The van der Waals surface area contributed by atoms with Crippen LogP contribution in [-0.2, 0) is 32.2 Å². The number of para-hydroxylation sites is 1. The van der Waals surface area contributed by atoms with E-state index < -0.39 is 6.29 Å². The Morgan fingerprint density at radius 3 is 2.40 bits per heavy atom. The number of carbonyl (C=O) groups excluding carboxylic acids is 2. The molecule has 5 aromatic rings. The van der Waals surface area contributed by atoms with Gasteiger partial charge in [-0.3, -0.25) is 9.59 Å². The third-order valence-corrected chi connectivity index (χ3v) is 9.89. The largest absolute Gasteiger partial charge is 0.392 e. The van der Waals surface area contributed by atoms with Crippen LogP contribution in [0.2, 0.25) is 0 Å². The van der Waals surface area contributed by atoms with Crippen LogP contribution < -0.4 is 10.6 Å². The topological polar surface area (TPSA) is 140 Å². The lowest BCUT2D eigenvalue weighted by atomic mass is 9.99. The average Bonchev–Trinajstić information content (AvgIpc) is 3.67. The molecule has 2 heterocycles. The van der Waals surface area contributed by atoms with Crippen LogP contribution in [0.3, 0.4) is 0 Å². The summed E-state index contributed by atoms with van der Waals surface area (Å²) in [6.07, 6.45) is 2.71. The number of aliphatic hydroxyl groups excluding tert-OH is 1. The lowest BCUT2D eigenvalue weighted by Crippen LogP contribution is -2.31. The Hall–Kier alpha value is -4.88. The Bertz CT molecular complexity index is 1890. The molecule has 1 aliphatic rings. The molecule has 6 rings (SSSR count). The number of ether oxygens (including phenoxy) is 2. The van der Waals surface area contributed by atoms with Crippen molar-refractivity contribution < 1.29 is 24.2 Å². The molecular formula is C40H44N6O5S. The normalized spacial score (nSPS) is 17.1. The van der Waals surface area contributed by atoms with E-state index in [0.717, 1.165) is 58.3 Å². The van der Waals surface area contributed by atoms with Crippen LogP contribution in [-0.4, -0.2) is 55.5 Å². The fourth-order valence-corrected chi connectivity index (χ4v) is 6.93. The first-order valence-electron chi connectivity index (χ1n) is 17.6. The number of tetrazole rings is 1. The van der Waals surface area contributed by atoms with E-state index in [1.807, 2.05) is 78.9 Å². The van der Waals surface area contributed by atoms with Gasteiger partial charge in [-0.05, 0) is 69.3 Å². The molecule has 52 heavy (non-hydrogen) atoms. The quantitative estimate of drug-likeness (QED) is 0.0773. The number of nitrogens with zero attached hydrogens (tertiary/aromatic N) is 4. The number of rotatable bonds is 16. The number of nitrogens with one attached hydrogen (secondary N) is 2. The van der Waals surface area contributed by atoms with Crippen LogP contribution in [0.15, 0.2) is 108 Å². The zero-order valence-corrected chi connectivity index (χ0v) is 30.0. The smallest absolute Gasteiger partial charge is 0.220 e. The fraction of sp³-hybridized carbons (Fsp3) is 0.325. The molecule has 11 nitrogen and oxygen atoms in total. The molecule has 2 amide bonds. The summed E-state index contributed by atoms with van der Waals surface area (Å²) in [5, 5.41) is 28.4. The summed E-state index contributed by atoms with van der Waals surface area (Å²) in [6, 6.07) is 34.1. The molecule has 270 valence electrons. The van der Waals surface area contributed by atoms with Gasteiger partial charge in [-0.1, -0.05) is 103 Å². The van der Waals surface area contributed by atoms with Crippen LogP contribution in [0.1, 0.15) is 73.7 Å². The molecule has 3 atom stereocenters. The van der Waals surface area contributed by atoms with Crippen molar-refractivity contribution in [1.82, 2.24) is 30.8 Å². The van der Waals surface area contributed by atoms with E-state index in [-0.39, 0.29) is 30.6 Å². The van der Waals surface area contributed by atoms with Crippen molar-refractivity contribution in [3.05, 3.63) is 125 Å². The molecule has 1 aliphatic heterocycles. The number of carbonyl (C=O) groups is 2. The van der Waals surface area contributed by atoms with E-state index in [2.05, 4.69) is 50.4 Å². The second-order valence-corrected chi connectivity index (χ2v) is 13.7. The Morgan fingerprint density at radius 1 is 0.846 bits per heavy atom. The first kappa shape index (κ1) is 36.9. The molecule has 0 radical (unpaired) electrons. The Labute approximate surface area is 308 Å². The Balaban J connectivity index is 1.09. The van der Waals surface area contributed by atoms with E-state index in [4.69, 9.17) is 9.47 Å². The van der Waals surface area contributed by atoms with Crippen molar-refractivity contribution in [2.45, 2.75) is 75.8 Å². The van der Waals surface area contributed by atoms with E-state index in [1.165, 1.54) is 6.92 Å². The van der Waals surface area contributed by atoms with Crippen molar-refractivity contribution in [2.75, 3.05) is 12.3 Å². The molecule has 0 saturated carbocycles. The highest BCUT2D eigenvalue weighted by molar-refractivity contribution is 7.99. The standard InChI is InChI=1S/C40H44N6O5S/c1-28(48)41-22-7-3-6-13-38(49)42-25-30-9-8-10-34(23-30)31-18-20-33(21-19-31)39-50-36(24-37(51-39)32-16-14-29(26-47)15-17-32)27-52-40-43-44-45-46(40)35-11-4-2-5-12-35/h2,4-5,8-12,14-21,23,36-37,39,47H,3,6-7,13,22,24-27H2,1H3,(H,41,48)(H,42,49). The zero-order valence-electron chi connectivity index (χ0n) is 29.2. The van der Waals surface area contributed by atoms with Gasteiger partial charge in [-0.15, -0.1) is 5.10 Å². The summed E-state index contributed by atoms with van der Waals surface area (Å²) in [5.74, 6) is 0.619. The first-order chi connectivity index (χ1) is 25.4. The Kier molecular flexibility index (Phi) is 13.2. The average molecular weight is 721 g/mol. The van der Waals surface area contributed by atoms with Gasteiger partial charge in [0.15, 0.2) is 6.29 Å². The number of unbranched alkanes of at least 4 members (excludes halogenated alkanes) is 2. The van der Waals surface area contributed by atoms with Crippen molar-refractivity contribution in [2.24, 2.45) is 0 Å². The summed E-state index contributed by atoms with van der Waals surface area (Å²) in [6.45, 7) is 2.59. The summed E-state index contributed by atoms with van der Waals surface area (Å²) in [5.41, 5.74) is 6.79. The maximum absolute atomic E-state index is 12.4. The highest BCUT2D eigenvalue weighted by Crippen LogP contribution is 2.40. The van der Waals surface area contributed by atoms with Gasteiger partial charge in [0.1, 0.15) is 0 Å². The van der Waals surface area contributed by atoms with Gasteiger partial charge in [0, 0.05) is 44.2 Å². The van der Waals surface area contributed by atoms with E-state index in [9.17, 15) is 14.7 Å². The number of hydrogen-bond donors (Lipinski definition) is 3. The highest BCUT2D eigenvalue weighted by Gasteiger charge is 2.32. The minimum atomic E-state index is -0.590. The summed E-state index contributed by atoms with van der Waals surface area (Å²) >= 11 is 1.54. The van der Waals surface area contributed by atoms with Crippen LogP contribution >= 0.6 is 11.8 Å². The fourth-order valence-electron chi connectivity index (χ4n) is 6.02. The highest BCUT2D eigenvalue weighted by atomic mass is 32.2. The predicted molar refractivity (Wildman–Crippen MR) is 199 cm³/mol. The van der Waals surface area contributed by atoms with Gasteiger partial charge in [0.25, 0.3) is 0 Å². The number of hydrogen-bond acceptors (Lipinski definition) is 9. The Morgan fingerprint density at radius 2 is 1.63 bits per heavy atom.